The lowest BCUT2D eigenvalue weighted by Crippen LogP contribution is -2.31. The number of nitrogens with one attached hydrogen (secondary N) is 2. The van der Waals surface area contributed by atoms with Gasteiger partial charge in [-0.05, 0) is 42.8 Å². The predicted molar refractivity (Wildman–Crippen MR) is 95.0 cm³/mol. The van der Waals surface area contributed by atoms with Crippen molar-refractivity contribution in [2.75, 3.05) is 19.4 Å². The van der Waals surface area contributed by atoms with Gasteiger partial charge in [-0.1, -0.05) is 18.2 Å². The third-order valence-corrected chi connectivity index (χ3v) is 4.79. The van der Waals surface area contributed by atoms with E-state index in [-0.39, 0.29) is 10.9 Å². The van der Waals surface area contributed by atoms with E-state index < -0.39 is 15.9 Å². The Kier molecular flexibility index (Phi) is 5.43. The molecule has 0 bridgehead atoms. The highest BCUT2D eigenvalue weighted by Gasteiger charge is 2.19. The van der Waals surface area contributed by atoms with E-state index in [4.69, 9.17) is 0 Å². The highest BCUT2D eigenvalue weighted by atomic mass is 32.2. The van der Waals surface area contributed by atoms with Crippen molar-refractivity contribution in [3.63, 3.8) is 0 Å². The zero-order valence-electron chi connectivity index (χ0n) is 14.1. The number of hydrogen-bond donors (Lipinski definition) is 2. The van der Waals surface area contributed by atoms with Crippen molar-refractivity contribution in [2.45, 2.75) is 11.8 Å². The SMILES string of the molecule is Cc1ccccc1C(=O)NS(=O)(=O)c1ccc(NC(=O)N(C)C)cc1. The molecule has 0 aliphatic carbocycles. The summed E-state index contributed by atoms with van der Waals surface area (Å²) in [6.45, 7) is 1.73. The second-order valence-electron chi connectivity index (χ2n) is 5.60. The van der Waals surface area contributed by atoms with Gasteiger partial charge < -0.3 is 10.2 Å². The average Bonchev–Trinajstić information content (AvgIpc) is 2.55. The number of hydrogen-bond acceptors (Lipinski definition) is 4. The summed E-state index contributed by atoms with van der Waals surface area (Å²) in [6.07, 6.45) is 0. The van der Waals surface area contributed by atoms with Crippen LogP contribution in [0.1, 0.15) is 15.9 Å². The lowest BCUT2D eigenvalue weighted by molar-refractivity contribution is 0.0981. The third kappa shape index (κ3) is 4.57. The maximum absolute atomic E-state index is 12.3. The van der Waals surface area contributed by atoms with Crippen molar-refractivity contribution < 1.29 is 18.0 Å². The Bertz CT molecular complexity index is 890. The van der Waals surface area contributed by atoms with Crippen molar-refractivity contribution >= 4 is 27.6 Å². The van der Waals surface area contributed by atoms with Crippen LogP contribution in [-0.2, 0) is 10.0 Å². The van der Waals surface area contributed by atoms with Gasteiger partial charge in [0.2, 0.25) is 0 Å². The Hall–Kier alpha value is -2.87. The summed E-state index contributed by atoms with van der Waals surface area (Å²) >= 11 is 0. The third-order valence-electron chi connectivity index (χ3n) is 3.44. The van der Waals surface area contributed by atoms with Crippen molar-refractivity contribution in [3.05, 3.63) is 59.7 Å². The van der Waals surface area contributed by atoms with Gasteiger partial charge in [0.1, 0.15) is 0 Å². The maximum Gasteiger partial charge on any atom is 0.321 e. The van der Waals surface area contributed by atoms with E-state index in [1.807, 2.05) is 4.72 Å². The lowest BCUT2D eigenvalue weighted by atomic mass is 10.1. The molecule has 25 heavy (non-hydrogen) atoms. The van der Waals surface area contributed by atoms with Crippen LogP contribution in [0, 0.1) is 6.92 Å². The Morgan fingerprint density at radius 3 is 2.12 bits per heavy atom. The fraction of sp³-hybridized carbons (Fsp3) is 0.176. The van der Waals surface area contributed by atoms with Gasteiger partial charge in [0.05, 0.1) is 4.90 Å². The number of rotatable bonds is 4. The maximum atomic E-state index is 12.3. The van der Waals surface area contributed by atoms with E-state index in [0.717, 1.165) is 0 Å². The smallest absolute Gasteiger partial charge is 0.321 e. The van der Waals surface area contributed by atoms with Crippen LogP contribution in [-0.4, -0.2) is 39.4 Å². The molecule has 8 heteroatoms. The number of carbonyl (C=O) groups excluding carboxylic acids is 2. The molecule has 7 nitrogen and oxygen atoms in total. The van der Waals surface area contributed by atoms with E-state index in [2.05, 4.69) is 5.32 Å². The van der Waals surface area contributed by atoms with E-state index in [1.54, 1.807) is 45.3 Å². The van der Waals surface area contributed by atoms with Gasteiger partial charge in [0.15, 0.2) is 0 Å². The lowest BCUT2D eigenvalue weighted by Gasteiger charge is -2.12. The summed E-state index contributed by atoms with van der Waals surface area (Å²) in [5, 5.41) is 2.60. The Balaban J connectivity index is 2.16. The molecule has 2 aromatic carbocycles. The summed E-state index contributed by atoms with van der Waals surface area (Å²) in [6, 6.07) is 11.9. The van der Waals surface area contributed by atoms with Crippen molar-refractivity contribution in [3.8, 4) is 0 Å². The molecule has 0 unspecified atom stereocenters. The molecular weight excluding hydrogens is 342 g/mol. The molecule has 0 heterocycles. The summed E-state index contributed by atoms with van der Waals surface area (Å²) in [5.74, 6) is -0.692. The number of sulfonamides is 1. The fourth-order valence-electron chi connectivity index (χ4n) is 2.02. The molecule has 0 aromatic heterocycles. The van der Waals surface area contributed by atoms with Gasteiger partial charge in [0.25, 0.3) is 15.9 Å². The molecule has 3 amide bonds. The highest BCUT2D eigenvalue weighted by Crippen LogP contribution is 2.15. The second-order valence-corrected chi connectivity index (χ2v) is 7.28. The first-order chi connectivity index (χ1) is 11.7. The first-order valence-electron chi connectivity index (χ1n) is 7.42. The molecule has 0 fully saturated rings. The number of urea groups is 1. The van der Waals surface area contributed by atoms with Gasteiger partial charge in [-0.15, -0.1) is 0 Å². The van der Waals surface area contributed by atoms with Gasteiger partial charge >= 0.3 is 6.03 Å². The van der Waals surface area contributed by atoms with Crippen LogP contribution < -0.4 is 10.0 Å². The van der Waals surface area contributed by atoms with Gasteiger partial charge in [-0.3, -0.25) is 4.79 Å². The standard InChI is InChI=1S/C17H19N3O4S/c1-12-6-4-5-7-15(12)16(21)19-25(23,24)14-10-8-13(9-11-14)18-17(22)20(2)3/h4-11H,1-3H3,(H,18,22)(H,19,21). The van der Waals surface area contributed by atoms with Gasteiger partial charge in [-0.25, -0.2) is 17.9 Å². The van der Waals surface area contributed by atoms with Crippen LogP contribution in [0.4, 0.5) is 10.5 Å². The fourth-order valence-corrected chi connectivity index (χ4v) is 2.98. The summed E-state index contributed by atoms with van der Waals surface area (Å²) in [7, 11) is -0.824. The van der Waals surface area contributed by atoms with Gasteiger partial charge in [-0.2, -0.15) is 0 Å². The van der Waals surface area contributed by atoms with Crippen LogP contribution in [0.3, 0.4) is 0 Å². The minimum atomic E-state index is -4.01. The number of benzene rings is 2. The van der Waals surface area contributed by atoms with Crippen LogP contribution >= 0.6 is 0 Å². The van der Waals surface area contributed by atoms with E-state index in [9.17, 15) is 18.0 Å². The van der Waals surface area contributed by atoms with E-state index in [0.29, 0.717) is 16.8 Å². The minimum Gasteiger partial charge on any atom is -0.331 e. The number of amides is 3. The van der Waals surface area contributed by atoms with Crippen LogP contribution in [0.2, 0.25) is 0 Å². The molecule has 0 saturated heterocycles. The minimum absolute atomic E-state index is 0.0720. The van der Waals surface area contributed by atoms with Gasteiger partial charge in [0, 0.05) is 25.3 Å². The normalized spacial score (nSPS) is 10.8. The molecule has 0 spiro atoms. The first-order valence-corrected chi connectivity index (χ1v) is 8.90. The first kappa shape index (κ1) is 18.5. The Labute approximate surface area is 146 Å². The average molecular weight is 361 g/mol. The van der Waals surface area contributed by atoms with E-state index >= 15 is 0 Å². The molecule has 2 aromatic rings. The van der Waals surface area contributed by atoms with Crippen LogP contribution in [0.25, 0.3) is 0 Å². The topological polar surface area (TPSA) is 95.6 Å². The molecule has 0 atom stereocenters. The molecule has 0 aliphatic heterocycles. The Morgan fingerprint density at radius 2 is 1.56 bits per heavy atom. The number of anilines is 1. The quantitative estimate of drug-likeness (QED) is 0.873. The molecule has 0 aliphatic rings. The summed E-state index contributed by atoms with van der Waals surface area (Å²) in [5.41, 5.74) is 1.42. The van der Waals surface area contributed by atoms with E-state index in [1.165, 1.54) is 29.2 Å². The number of nitrogens with zero attached hydrogens (tertiary/aromatic N) is 1. The van der Waals surface area contributed by atoms with Crippen molar-refractivity contribution in [1.29, 1.82) is 0 Å². The highest BCUT2D eigenvalue weighted by molar-refractivity contribution is 7.90. The largest absolute Gasteiger partial charge is 0.331 e. The second kappa shape index (κ2) is 7.35. The molecular formula is C17H19N3O4S. The monoisotopic (exact) mass is 361 g/mol. The molecule has 132 valence electrons. The van der Waals surface area contributed by atoms with Crippen LogP contribution in [0.5, 0.6) is 0 Å². The zero-order valence-corrected chi connectivity index (χ0v) is 14.9. The van der Waals surface area contributed by atoms with Crippen LogP contribution in [0.15, 0.2) is 53.4 Å². The molecule has 2 N–H and O–H groups in total. The van der Waals surface area contributed by atoms with Crippen molar-refractivity contribution in [2.24, 2.45) is 0 Å². The Morgan fingerprint density at radius 1 is 0.960 bits per heavy atom. The number of aryl methyl sites for hydroxylation is 1. The molecule has 0 radical (unpaired) electrons. The summed E-state index contributed by atoms with van der Waals surface area (Å²) < 4.78 is 26.7. The zero-order chi connectivity index (χ0) is 18.6. The number of carbonyl (C=O) groups is 2. The summed E-state index contributed by atoms with van der Waals surface area (Å²) in [4.78, 5) is 25.0. The predicted octanol–water partition coefficient (Wildman–Crippen LogP) is 2.21. The van der Waals surface area contributed by atoms with Crippen molar-refractivity contribution in [1.82, 2.24) is 9.62 Å². The molecule has 2 rings (SSSR count). The molecule has 0 saturated carbocycles.